The molecule has 0 bridgehead atoms. The van der Waals surface area contributed by atoms with Crippen LogP contribution in [0.15, 0.2) is 53.0 Å². The summed E-state index contributed by atoms with van der Waals surface area (Å²) in [7, 11) is -3.72. The fourth-order valence-corrected chi connectivity index (χ4v) is 4.39. The van der Waals surface area contributed by atoms with Gasteiger partial charge in [-0.25, -0.2) is 8.42 Å². The highest BCUT2D eigenvalue weighted by molar-refractivity contribution is 14.1. The lowest BCUT2D eigenvalue weighted by atomic mass is 10.1. The zero-order chi connectivity index (χ0) is 23.2. The number of nitrogens with one attached hydrogen (secondary N) is 1. The van der Waals surface area contributed by atoms with Crippen LogP contribution in [-0.4, -0.2) is 50.5 Å². The third-order valence-corrected chi connectivity index (χ3v) is 6.97. The molecule has 1 N–H and O–H groups in total. The molecule has 2 rings (SSSR count). The van der Waals surface area contributed by atoms with E-state index in [2.05, 4.69) is 43.8 Å². The Morgan fingerprint density at radius 2 is 1.68 bits per heavy atom. The normalized spacial score (nSPS) is 12.2. The molecule has 0 unspecified atom stereocenters. The molecule has 0 aliphatic heterocycles. The molecule has 0 spiro atoms. The highest BCUT2D eigenvalue weighted by Crippen LogP contribution is 2.21. The lowest BCUT2D eigenvalue weighted by Crippen LogP contribution is -2.51. The third kappa shape index (κ3) is 7.46. The van der Waals surface area contributed by atoms with Gasteiger partial charge in [0, 0.05) is 21.1 Å². The molecule has 0 radical (unpaired) electrons. The molecule has 0 fully saturated rings. The van der Waals surface area contributed by atoms with Crippen molar-refractivity contribution in [2.24, 2.45) is 0 Å². The highest BCUT2D eigenvalue weighted by atomic mass is 127. The zero-order valence-electron chi connectivity index (χ0n) is 17.5. The Morgan fingerprint density at radius 1 is 1.10 bits per heavy atom. The highest BCUT2D eigenvalue weighted by Gasteiger charge is 2.29. The van der Waals surface area contributed by atoms with Crippen LogP contribution in [0.25, 0.3) is 0 Å². The largest absolute Gasteiger partial charge is 0.355 e. The van der Waals surface area contributed by atoms with Crippen molar-refractivity contribution in [2.75, 3.05) is 23.7 Å². The van der Waals surface area contributed by atoms with Gasteiger partial charge in [0.2, 0.25) is 21.8 Å². The van der Waals surface area contributed by atoms with Crippen molar-refractivity contribution in [3.05, 3.63) is 62.1 Å². The smallest absolute Gasteiger partial charge is 0.244 e. The number of benzene rings is 2. The summed E-state index contributed by atoms with van der Waals surface area (Å²) in [4.78, 5) is 27.2. The van der Waals surface area contributed by atoms with E-state index >= 15 is 0 Å². The molecular weight excluding hydrogens is 597 g/mol. The lowest BCUT2D eigenvalue weighted by Gasteiger charge is -2.31. The van der Waals surface area contributed by atoms with E-state index in [1.54, 1.807) is 38.1 Å². The molecule has 0 aromatic heterocycles. The standard InChI is InChI=1S/C21H25BrIN3O4S/c1-4-24-21(28)15(2)25(13-16-5-7-17(22)8-6-16)20(27)14-26(31(3,29)30)19-11-9-18(23)10-12-19/h5-12,15H,4,13-14H2,1-3H3,(H,24,28)/t15-/m0/s1. The second-order valence-corrected chi connectivity index (χ2v) is 11.0. The van der Waals surface area contributed by atoms with Gasteiger partial charge in [0.15, 0.2) is 0 Å². The number of anilines is 1. The summed E-state index contributed by atoms with van der Waals surface area (Å²) in [5.41, 5.74) is 1.22. The number of carbonyl (C=O) groups is 2. The molecule has 1 atom stereocenters. The van der Waals surface area contributed by atoms with Crippen LogP contribution in [0.2, 0.25) is 0 Å². The Morgan fingerprint density at radius 3 is 2.19 bits per heavy atom. The van der Waals surface area contributed by atoms with E-state index in [1.807, 2.05) is 24.3 Å². The number of hydrogen-bond acceptors (Lipinski definition) is 4. The molecule has 168 valence electrons. The molecule has 2 aromatic rings. The Kier molecular flexibility index (Phi) is 9.31. The minimum Gasteiger partial charge on any atom is -0.355 e. The molecule has 0 aliphatic rings. The predicted octanol–water partition coefficient (Wildman–Crippen LogP) is 3.37. The maximum Gasteiger partial charge on any atom is 0.244 e. The van der Waals surface area contributed by atoms with Crippen LogP contribution in [0, 0.1) is 3.57 Å². The molecule has 0 saturated carbocycles. The number of amides is 2. The van der Waals surface area contributed by atoms with Gasteiger partial charge in [-0.2, -0.15) is 0 Å². The molecule has 2 aromatic carbocycles. The number of rotatable bonds is 9. The number of hydrogen-bond donors (Lipinski definition) is 1. The summed E-state index contributed by atoms with van der Waals surface area (Å²) < 4.78 is 27.8. The van der Waals surface area contributed by atoms with E-state index in [-0.39, 0.29) is 12.5 Å². The van der Waals surface area contributed by atoms with Gasteiger partial charge in [-0.1, -0.05) is 28.1 Å². The number of sulfonamides is 1. The average Bonchev–Trinajstić information content (AvgIpc) is 2.71. The van der Waals surface area contributed by atoms with Crippen LogP contribution in [0.5, 0.6) is 0 Å². The Labute approximate surface area is 205 Å². The average molecular weight is 622 g/mol. The fourth-order valence-electron chi connectivity index (χ4n) is 2.91. The minimum atomic E-state index is -3.72. The summed E-state index contributed by atoms with van der Waals surface area (Å²) in [5, 5.41) is 2.72. The van der Waals surface area contributed by atoms with Crippen molar-refractivity contribution in [3.8, 4) is 0 Å². The zero-order valence-corrected chi connectivity index (χ0v) is 22.1. The van der Waals surface area contributed by atoms with Crippen LogP contribution >= 0.6 is 38.5 Å². The molecule has 10 heteroatoms. The van der Waals surface area contributed by atoms with Crippen molar-refractivity contribution < 1.29 is 18.0 Å². The van der Waals surface area contributed by atoms with Gasteiger partial charge < -0.3 is 10.2 Å². The van der Waals surface area contributed by atoms with E-state index in [0.29, 0.717) is 12.2 Å². The van der Waals surface area contributed by atoms with Crippen LogP contribution in [-0.2, 0) is 26.2 Å². The Balaban J connectivity index is 2.35. The monoisotopic (exact) mass is 621 g/mol. The second-order valence-electron chi connectivity index (χ2n) is 6.96. The van der Waals surface area contributed by atoms with Crippen molar-refractivity contribution in [2.45, 2.75) is 26.4 Å². The fraction of sp³-hybridized carbons (Fsp3) is 0.333. The lowest BCUT2D eigenvalue weighted by molar-refractivity contribution is -0.139. The van der Waals surface area contributed by atoms with Gasteiger partial charge in [0.05, 0.1) is 11.9 Å². The van der Waals surface area contributed by atoms with Crippen LogP contribution in [0.4, 0.5) is 5.69 Å². The van der Waals surface area contributed by atoms with E-state index in [4.69, 9.17) is 0 Å². The van der Waals surface area contributed by atoms with Crippen LogP contribution in [0.1, 0.15) is 19.4 Å². The van der Waals surface area contributed by atoms with E-state index in [9.17, 15) is 18.0 Å². The van der Waals surface area contributed by atoms with E-state index in [1.165, 1.54) is 4.90 Å². The number of likely N-dealkylation sites (N-methyl/N-ethyl adjacent to an activating group) is 1. The number of carbonyl (C=O) groups excluding carboxylic acids is 2. The van der Waals surface area contributed by atoms with Crippen molar-refractivity contribution in [1.82, 2.24) is 10.2 Å². The summed E-state index contributed by atoms with van der Waals surface area (Å²) in [6.07, 6.45) is 1.06. The Hall–Kier alpha value is -1.66. The van der Waals surface area contributed by atoms with Crippen molar-refractivity contribution >= 4 is 66.0 Å². The molecule has 0 heterocycles. The van der Waals surface area contributed by atoms with Gasteiger partial charge in [-0.05, 0) is 78.4 Å². The first-order valence-corrected chi connectivity index (χ1v) is 13.3. The van der Waals surface area contributed by atoms with Gasteiger partial charge in [-0.15, -0.1) is 0 Å². The summed E-state index contributed by atoms with van der Waals surface area (Å²) in [6.45, 7) is 3.64. The molecular formula is C21H25BrIN3O4S. The summed E-state index contributed by atoms with van der Waals surface area (Å²) in [6, 6.07) is 13.5. The van der Waals surface area contributed by atoms with Gasteiger partial charge in [0.25, 0.3) is 0 Å². The van der Waals surface area contributed by atoms with Crippen molar-refractivity contribution in [3.63, 3.8) is 0 Å². The molecule has 7 nitrogen and oxygen atoms in total. The third-order valence-electron chi connectivity index (χ3n) is 4.58. The van der Waals surface area contributed by atoms with Crippen molar-refractivity contribution in [1.29, 1.82) is 0 Å². The maximum absolute atomic E-state index is 13.3. The quantitative estimate of drug-likeness (QED) is 0.435. The van der Waals surface area contributed by atoms with Crippen LogP contribution < -0.4 is 9.62 Å². The van der Waals surface area contributed by atoms with E-state index in [0.717, 1.165) is 24.2 Å². The minimum absolute atomic E-state index is 0.175. The summed E-state index contributed by atoms with van der Waals surface area (Å²) >= 11 is 5.50. The molecule has 31 heavy (non-hydrogen) atoms. The number of halogens is 2. The topological polar surface area (TPSA) is 86.8 Å². The molecule has 0 saturated heterocycles. The van der Waals surface area contributed by atoms with Gasteiger partial charge in [-0.3, -0.25) is 13.9 Å². The first kappa shape index (κ1) is 25.6. The Bertz CT molecular complexity index is 1010. The molecule has 2 amide bonds. The maximum atomic E-state index is 13.3. The van der Waals surface area contributed by atoms with Gasteiger partial charge in [0.1, 0.15) is 12.6 Å². The molecule has 0 aliphatic carbocycles. The second kappa shape index (κ2) is 11.3. The van der Waals surface area contributed by atoms with Crippen LogP contribution in [0.3, 0.4) is 0 Å². The number of nitrogens with zero attached hydrogens (tertiary/aromatic N) is 2. The SMILES string of the molecule is CCNC(=O)[C@H](C)N(Cc1ccc(Br)cc1)C(=O)CN(c1ccc(I)cc1)S(C)(=O)=O. The predicted molar refractivity (Wildman–Crippen MR) is 134 cm³/mol. The first-order chi connectivity index (χ1) is 14.5. The van der Waals surface area contributed by atoms with E-state index < -0.39 is 28.5 Å². The first-order valence-electron chi connectivity index (χ1n) is 9.57. The summed E-state index contributed by atoms with van der Waals surface area (Å²) in [5.74, 6) is -0.765. The van der Waals surface area contributed by atoms with Gasteiger partial charge >= 0.3 is 0 Å².